The fraction of sp³-hybridized carbons (Fsp3) is 0.353. The van der Waals surface area contributed by atoms with Gasteiger partial charge in [-0.05, 0) is 32.9 Å². The number of nitrogens with zero attached hydrogens (tertiary/aromatic N) is 4. The van der Waals surface area contributed by atoms with Crippen molar-refractivity contribution in [2.24, 2.45) is 0 Å². The smallest absolute Gasteiger partial charge is 0.322 e. The summed E-state index contributed by atoms with van der Waals surface area (Å²) in [5, 5.41) is 11.7. The zero-order chi connectivity index (χ0) is 17.1. The molecule has 0 aliphatic carbocycles. The van der Waals surface area contributed by atoms with Crippen molar-refractivity contribution < 1.29 is 9.26 Å². The second kappa shape index (κ2) is 6.74. The lowest BCUT2D eigenvalue weighted by molar-refractivity contribution is 0.414. The predicted octanol–water partition coefficient (Wildman–Crippen LogP) is 3.19. The molecule has 2 heterocycles. The fourth-order valence-corrected chi connectivity index (χ4v) is 2.64. The summed E-state index contributed by atoms with van der Waals surface area (Å²) in [5.74, 6) is 1.28. The van der Waals surface area contributed by atoms with Gasteiger partial charge in [0.05, 0.1) is 12.8 Å². The van der Waals surface area contributed by atoms with Gasteiger partial charge in [-0.25, -0.2) is 0 Å². The van der Waals surface area contributed by atoms with Gasteiger partial charge in [-0.15, -0.1) is 0 Å². The topological polar surface area (TPSA) is 78.0 Å². The molecule has 7 nitrogen and oxygen atoms in total. The number of anilines is 1. The highest BCUT2D eigenvalue weighted by Gasteiger charge is 2.13. The molecule has 0 atom stereocenters. The molecule has 0 aliphatic heterocycles. The second-order valence-electron chi connectivity index (χ2n) is 5.47. The van der Waals surface area contributed by atoms with Crippen molar-refractivity contribution in [3.05, 3.63) is 41.2 Å². The number of aromatic nitrogens is 4. The number of methoxy groups -OCH3 is 1. The lowest BCUT2D eigenvalue weighted by Crippen LogP contribution is -2.03. The molecular formula is C17H21N5O2. The van der Waals surface area contributed by atoms with Gasteiger partial charge in [0.15, 0.2) is 0 Å². The zero-order valence-corrected chi connectivity index (χ0v) is 14.3. The van der Waals surface area contributed by atoms with Crippen LogP contribution in [-0.4, -0.2) is 27.0 Å². The lowest BCUT2D eigenvalue weighted by Gasteiger charge is -2.03. The number of aryl methyl sites for hydroxylation is 2. The van der Waals surface area contributed by atoms with E-state index in [-0.39, 0.29) is 0 Å². The normalized spacial score (nSPS) is 10.8. The Bertz CT molecular complexity index is 837. The SMILES string of the molecule is CCn1nc(C)c(CNc2nc(-c3cccc(OC)c3)no2)c1C. The Morgan fingerprint density at radius 1 is 1.29 bits per heavy atom. The van der Waals surface area contributed by atoms with Crippen LogP contribution in [0.4, 0.5) is 6.01 Å². The van der Waals surface area contributed by atoms with Crippen molar-refractivity contribution in [1.29, 1.82) is 0 Å². The van der Waals surface area contributed by atoms with Gasteiger partial charge in [-0.2, -0.15) is 10.1 Å². The third-order valence-electron chi connectivity index (χ3n) is 4.00. The van der Waals surface area contributed by atoms with Gasteiger partial charge in [0, 0.05) is 29.9 Å². The van der Waals surface area contributed by atoms with Gasteiger partial charge in [-0.1, -0.05) is 17.3 Å². The Kier molecular flexibility index (Phi) is 4.50. The van der Waals surface area contributed by atoms with Crippen LogP contribution in [0, 0.1) is 13.8 Å². The van der Waals surface area contributed by atoms with E-state index in [0.717, 1.165) is 34.8 Å². The van der Waals surface area contributed by atoms with Crippen molar-refractivity contribution in [3.8, 4) is 17.1 Å². The maximum Gasteiger partial charge on any atom is 0.322 e. The van der Waals surface area contributed by atoms with Crippen LogP contribution in [0.2, 0.25) is 0 Å². The van der Waals surface area contributed by atoms with Gasteiger partial charge in [0.25, 0.3) is 0 Å². The zero-order valence-electron chi connectivity index (χ0n) is 14.3. The Morgan fingerprint density at radius 2 is 2.12 bits per heavy atom. The minimum atomic E-state index is 0.385. The maximum atomic E-state index is 5.29. The van der Waals surface area contributed by atoms with Crippen molar-refractivity contribution in [3.63, 3.8) is 0 Å². The minimum absolute atomic E-state index is 0.385. The number of hydrogen-bond acceptors (Lipinski definition) is 6. The molecule has 0 spiro atoms. The molecule has 0 saturated carbocycles. The molecule has 0 amide bonds. The Hall–Kier alpha value is -2.83. The molecule has 0 bridgehead atoms. The summed E-state index contributed by atoms with van der Waals surface area (Å²) in [4.78, 5) is 4.39. The van der Waals surface area contributed by atoms with E-state index in [2.05, 4.69) is 34.4 Å². The van der Waals surface area contributed by atoms with Gasteiger partial charge in [0.1, 0.15) is 5.75 Å². The molecule has 0 aliphatic rings. The van der Waals surface area contributed by atoms with Crippen LogP contribution in [0.5, 0.6) is 5.75 Å². The van der Waals surface area contributed by atoms with E-state index in [4.69, 9.17) is 9.26 Å². The Labute approximate surface area is 140 Å². The summed E-state index contributed by atoms with van der Waals surface area (Å²) in [5.41, 5.74) is 4.15. The van der Waals surface area contributed by atoms with E-state index in [9.17, 15) is 0 Å². The molecule has 0 fully saturated rings. The van der Waals surface area contributed by atoms with Gasteiger partial charge in [0.2, 0.25) is 5.82 Å². The van der Waals surface area contributed by atoms with E-state index in [0.29, 0.717) is 18.4 Å². The summed E-state index contributed by atoms with van der Waals surface area (Å²) in [6.45, 7) is 7.60. The number of benzene rings is 1. The lowest BCUT2D eigenvalue weighted by atomic mass is 10.2. The molecule has 0 saturated heterocycles. The Morgan fingerprint density at radius 3 is 2.83 bits per heavy atom. The van der Waals surface area contributed by atoms with Crippen LogP contribution in [0.1, 0.15) is 23.9 Å². The largest absolute Gasteiger partial charge is 0.497 e. The molecule has 2 aromatic heterocycles. The highest BCUT2D eigenvalue weighted by molar-refractivity contribution is 5.57. The first-order valence-corrected chi connectivity index (χ1v) is 7.87. The number of ether oxygens (including phenoxy) is 1. The van der Waals surface area contributed by atoms with Gasteiger partial charge < -0.3 is 14.6 Å². The molecule has 0 unspecified atom stereocenters. The summed E-state index contributed by atoms with van der Waals surface area (Å²) in [6.07, 6.45) is 0. The molecule has 1 N–H and O–H groups in total. The van der Waals surface area contributed by atoms with Crippen LogP contribution in [0.25, 0.3) is 11.4 Å². The highest BCUT2D eigenvalue weighted by atomic mass is 16.5. The van der Waals surface area contributed by atoms with Crippen LogP contribution >= 0.6 is 0 Å². The first-order chi connectivity index (χ1) is 11.6. The number of nitrogens with one attached hydrogen (secondary N) is 1. The van der Waals surface area contributed by atoms with Crippen molar-refractivity contribution in [2.45, 2.75) is 33.9 Å². The van der Waals surface area contributed by atoms with Crippen molar-refractivity contribution in [1.82, 2.24) is 19.9 Å². The average molecular weight is 327 g/mol. The molecule has 126 valence electrons. The minimum Gasteiger partial charge on any atom is -0.497 e. The maximum absolute atomic E-state index is 5.29. The molecule has 7 heteroatoms. The summed E-state index contributed by atoms with van der Waals surface area (Å²) < 4.78 is 12.5. The molecule has 1 aromatic carbocycles. The van der Waals surface area contributed by atoms with Crippen LogP contribution < -0.4 is 10.1 Å². The van der Waals surface area contributed by atoms with E-state index < -0.39 is 0 Å². The van der Waals surface area contributed by atoms with Crippen LogP contribution in [0.15, 0.2) is 28.8 Å². The standard InChI is InChI=1S/C17H21N5O2/c1-5-22-12(3)15(11(2)20-22)10-18-17-19-16(21-24-17)13-7-6-8-14(9-13)23-4/h6-9H,5,10H2,1-4H3,(H,18,19,21). The summed E-state index contributed by atoms with van der Waals surface area (Å²) in [7, 11) is 1.63. The molecular weight excluding hydrogens is 306 g/mol. The van der Waals surface area contributed by atoms with Crippen molar-refractivity contribution >= 4 is 6.01 Å². The quantitative estimate of drug-likeness (QED) is 0.749. The fourth-order valence-electron chi connectivity index (χ4n) is 2.64. The van der Waals surface area contributed by atoms with E-state index in [1.54, 1.807) is 7.11 Å². The summed E-state index contributed by atoms with van der Waals surface area (Å²) >= 11 is 0. The first kappa shape index (κ1) is 16.0. The third kappa shape index (κ3) is 3.10. The van der Waals surface area contributed by atoms with Gasteiger partial charge >= 0.3 is 6.01 Å². The van der Waals surface area contributed by atoms with Crippen LogP contribution in [0.3, 0.4) is 0 Å². The molecule has 0 radical (unpaired) electrons. The highest BCUT2D eigenvalue weighted by Crippen LogP contribution is 2.23. The molecule has 3 aromatic rings. The summed E-state index contributed by atoms with van der Waals surface area (Å²) in [6, 6.07) is 7.93. The molecule has 3 rings (SSSR count). The Balaban J connectivity index is 1.74. The third-order valence-corrected chi connectivity index (χ3v) is 4.00. The molecule has 24 heavy (non-hydrogen) atoms. The predicted molar refractivity (Wildman–Crippen MR) is 91.0 cm³/mol. The monoisotopic (exact) mass is 327 g/mol. The second-order valence-corrected chi connectivity index (χ2v) is 5.47. The van der Waals surface area contributed by atoms with E-state index in [1.165, 1.54) is 0 Å². The van der Waals surface area contributed by atoms with Crippen LogP contribution in [-0.2, 0) is 13.1 Å². The van der Waals surface area contributed by atoms with Gasteiger partial charge in [-0.3, -0.25) is 4.68 Å². The van der Waals surface area contributed by atoms with E-state index in [1.807, 2.05) is 35.9 Å². The number of hydrogen-bond donors (Lipinski definition) is 1. The van der Waals surface area contributed by atoms with Crippen molar-refractivity contribution in [2.75, 3.05) is 12.4 Å². The first-order valence-electron chi connectivity index (χ1n) is 7.87. The van der Waals surface area contributed by atoms with E-state index >= 15 is 0 Å². The number of rotatable bonds is 6. The average Bonchev–Trinajstić information content (AvgIpc) is 3.18.